The van der Waals surface area contributed by atoms with E-state index in [0.29, 0.717) is 37.8 Å². The lowest BCUT2D eigenvalue weighted by molar-refractivity contribution is 0.102. The van der Waals surface area contributed by atoms with Gasteiger partial charge in [0.05, 0.1) is 33.2 Å². The Bertz CT molecular complexity index is 950. The molecule has 2 heterocycles. The van der Waals surface area contributed by atoms with Gasteiger partial charge >= 0.3 is 0 Å². The van der Waals surface area contributed by atoms with Gasteiger partial charge < -0.3 is 10.1 Å². The minimum atomic E-state index is -0.371. The molecule has 0 saturated carbocycles. The van der Waals surface area contributed by atoms with Crippen LogP contribution in [0.5, 0.6) is 5.75 Å². The molecule has 0 aliphatic carbocycles. The molecule has 3 rings (SSSR count). The Balaban J connectivity index is 1.78. The van der Waals surface area contributed by atoms with Crippen molar-refractivity contribution in [3.63, 3.8) is 0 Å². The molecule has 0 atom stereocenters. The molecular formula is C18H12Cl3N3O2. The summed E-state index contributed by atoms with van der Waals surface area (Å²) in [4.78, 5) is 20.7. The Morgan fingerprint density at radius 1 is 1.08 bits per heavy atom. The number of carbonyl (C=O) groups is 1. The van der Waals surface area contributed by atoms with E-state index in [0.717, 1.165) is 0 Å². The Kier molecular flexibility index (Phi) is 5.93. The number of nitrogens with one attached hydrogen (secondary N) is 1. The van der Waals surface area contributed by atoms with Crippen molar-refractivity contribution in [3.05, 3.63) is 81.3 Å². The Hall–Kier alpha value is -2.34. The number of carbonyl (C=O) groups excluding carboxylic acids is 1. The fourth-order valence-corrected chi connectivity index (χ4v) is 2.64. The van der Waals surface area contributed by atoms with Gasteiger partial charge in [-0.05, 0) is 30.3 Å². The largest absolute Gasteiger partial charge is 0.486 e. The summed E-state index contributed by atoms with van der Waals surface area (Å²) in [6, 6.07) is 9.79. The van der Waals surface area contributed by atoms with Gasteiger partial charge in [-0.1, -0.05) is 34.8 Å². The van der Waals surface area contributed by atoms with E-state index in [-0.39, 0.29) is 12.5 Å². The first-order valence-corrected chi connectivity index (χ1v) is 8.60. The fourth-order valence-electron chi connectivity index (χ4n) is 2.15. The number of hydrogen-bond donors (Lipinski definition) is 1. The van der Waals surface area contributed by atoms with Crippen LogP contribution in [0.25, 0.3) is 0 Å². The molecule has 0 fully saturated rings. The van der Waals surface area contributed by atoms with Gasteiger partial charge in [-0.3, -0.25) is 14.8 Å². The van der Waals surface area contributed by atoms with Crippen molar-refractivity contribution in [1.29, 1.82) is 0 Å². The monoisotopic (exact) mass is 407 g/mol. The summed E-state index contributed by atoms with van der Waals surface area (Å²) in [7, 11) is 0. The number of halogens is 3. The zero-order chi connectivity index (χ0) is 18.5. The lowest BCUT2D eigenvalue weighted by atomic mass is 10.2. The van der Waals surface area contributed by atoms with E-state index >= 15 is 0 Å². The van der Waals surface area contributed by atoms with Crippen LogP contribution in [0.1, 0.15) is 16.1 Å². The first kappa shape index (κ1) is 18.5. The topological polar surface area (TPSA) is 64.1 Å². The average molecular weight is 409 g/mol. The molecule has 26 heavy (non-hydrogen) atoms. The number of rotatable bonds is 5. The van der Waals surface area contributed by atoms with Crippen molar-refractivity contribution < 1.29 is 9.53 Å². The van der Waals surface area contributed by atoms with Crippen LogP contribution in [0.15, 0.2) is 55.0 Å². The van der Waals surface area contributed by atoms with Crippen LogP contribution in [-0.4, -0.2) is 15.9 Å². The smallest absolute Gasteiger partial charge is 0.257 e. The third-order valence-electron chi connectivity index (χ3n) is 3.41. The number of aromatic nitrogens is 2. The molecule has 5 nitrogen and oxygen atoms in total. The van der Waals surface area contributed by atoms with Crippen LogP contribution in [0.3, 0.4) is 0 Å². The number of pyridine rings is 2. The van der Waals surface area contributed by atoms with E-state index in [9.17, 15) is 4.79 Å². The number of anilines is 1. The maximum absolute atomic E-state index is 12.6. The van der Waals surface area contributed by atoms with Gasteiger partial charge in [0, 0.05) is 23.5 Å². The fraction of sp³-hybridized carbons (Fsp3) is 0.0556. The van der Waals surface area contributed by atoms with Gasteiger partial charge in [0.2, 0.25) is 0 Å². The van der Waals surface area contributed by atoms with Crippen molar-refractivity contribution in [2.24, 2.45) is 0 Å². The van der Waals surface area contributed by atoms with Crippen molar-refractivity contribution in [3.8, 4) is 5.75 Å². The summed E-state index contributed by atoms with van der Waals surface area (Å²) in [5.74, 6) is 0.0373. The summed E-state index contributed by atoms with van der Waals surface area (Å²) >= 11 is 18.1. The minimum Gasteiger partial charge on any atom is -0.486 e. The van der Waals surface area contributed by atoms with E-state index in [1.165, 1.54) is 12.4 Å². The number of amides is 1. The van der Waals surface area contributed by atoms with E-state index in [4.69, 9.17) is 39.5 Å². The van der Waals surface area contributed by atoms with Crippen molar-refractivity contribution in [2.75, 3.05) is 5.32 Å². The van der Waals surface area contributed by atoms with Crippen LogP contribution in [-0.2, 0) is 6.61 Å². The summed E-state index contributed by atoms with van der Waals surface area (Å²) in [5.41, 5.74) is 1.21. The third-order valence-corrected chi connectivity index (χ3v) is 4.29. The van der Waals surface area contributed by atoms with Gasteiger partial charge in [-0.15, -0.1) is 0 Å². The third kappa shape index (κ3) is 4.43. The molecule has 2 aromatic heterocycles. The van der Waals surface area contributed by atoms with Gasteiger partial charge in [0.15, 0.2) is 0 Å². The lowest BCUT2D eigenvalue weighted by Gasteiger charge is -2.12. The molecular weight excluding hydrogens is 397 g/mol. The summed E-state index contributed by atoms with van der Waals surface area (Å²) in [6.07, 6.45) is 4.58. The molecule has 0 unspecified atom stereocenters. The highest BCUT2D eigenvalue weighted by Gasteiger charge is 2.15. The molecule has 8 heteroatoms. The second-order valence-electron chi connectivity index (χ2n) is 5.17. The second kappa shape index (κ2) is 8.36. The minimum absolute atomic E-state index is 0.0461. The molecule has 0 saturated heterocycles. The highest BCUT2D eigenvalue weighted by atomic mass is 35.5. The van der Waals surface area contributed by atoms with Crippen LogP contribution < -0.4 is 10.1 Å². The van der Waals surface area contributed by atoms with Crippen molar-refractivity contribution >= 4 is 46.4 Å². The van der Waals surface area contributed by atoms with E-state index in [2.05, 4.69) is 15.3 Å². The molecule has 0 spiro atoms. The molecule has 1 amide bonds. The highest BCUT2D eigenvalue weighted by molar-refractivity contribution is 6.34. The van der Waals surface area contributed by atoms with E-state index in [1.54, 1.807) is 42.6 Å². The predicted octanol–water partition coefficient (Wildman–Crippen LogP) is 5.27. The standard InChI is InChI=1S/C18H12Cl3N3O2/c19-11-3-4-14(21)17(8-11)26-10-16-12(2-1-6-23-16)18(25)24-15-9-22-7-5-13(15)20/h1-9H,10H2,(H,24,25). The maximum Gasteiger partial charge on any atom is 0.257 e. The molecule has 0 aliphatic heterocycles. The van der Waals surface area contributed by atoms with E-state index < -0.39 is 0 Å². The normalized spacial score (nSPS) is 10.4. The molecule has 132 valence electrons. The second-order valence-corrected chi connectivity index (χ2v) is 6.42. The Labute approximate surface area is 164 Å². The molecule has 0 bridgehead atoms. The van der Waals surface area contributed by atoms with Gasteiger partial charge in [-0.2, -0.15) is 0 Å². The van der Waals surface area contributed by atoms with Gasteiger partial charge in [0.1, 0.15) is 12.4 Å². The summed E-state index contributed by atoms with van der Waals surface area (Å²) in [5, 5.41) is 4.01. The Morgan fingerprint density at radius 3 is 2.73 bits per heavy atom. The molecule has 3 aromatic rings. The van der Waals surface area contributed by atoms with Gasteiger partial charge in [0.25, 0.3) is 5.91 Å². The zero-order valence-corrected chi connectivity index (χ0v) is 15.5. The first-order valence-electron chi connectivity index (χ1n) is 7.47. The SMILES string of the molecule is O=C(Nc1cnccc1Cl)c1cccnc1COc1cc(Cl)ccc1Cl. The number of ether oxygens (including phenoxy) is 1. The average Bonchev–Trinajstić information content (AvgIpc) is 2.64. The van der Waals surface area contributed by atoms with Crippen LogP contribution >= 0.6 is 34.8 Å². The Morgan fingerprint density at radius 2 is 1.92 bits per heavy atom. The summed E-state index contributed by atoms with van der Waals surface area (Å²) < 4.78 is 5.67. The zero-order valence-electron chi connectivity index (χ0n) is 13.2. The number of hydrogen-bond acceptors (Lipinski definition) is 4. The molecule has 0 radical (unpaired) electrons. The number of benzene rings is 1. The van der Waals surface area contributed by atoms with Gasteiger partial charge in [-0.25, -0.2) is 0 Å². The van der Waals surface area contributed by atoms with Crippen molar-refractivity contribution in [1.82, 2.24) is 9.97 Å². The quantitative estimate of drug-likeness (QED) is 0.625. The lowest BCUT2D eigenvalue weighted by Crippen LogP contribution is -2.16. The highest BCUT2D eigenvalue weighted by Crippen LogP contribution is 2.28. The van der Waals surface area contributed by atoms with Crippen LogP contribution in [0.2, 0.25) is 15.1 Å². The summed E-state index contributed by atoms with van der Waals surface area (Å²) in [6.45, 7) is 0.0461. The van der Waals surface area contributed by atoms with Crippen molar-refractivity contribution in [2.45, 2.75) is 6.61 Å². The number of nitrogens with zero attached hydrogens (tertiary/aromatic N) is 2. The molecule has 0 aliphatic rings. The van der Waals surface area contributed by atoms with Crippen LogP contribution in [0, 0.1) is 0 Å². The maximum atomic E-state index is 12.6. The van der Waals surface area contributed by atoms with E-state index in [1.807, 2.05) is 0 Å². The molecule has 1 aromatic carbocycles. The molecule has 1 N–H and O–H groups in total. The predicted molar refractivity (Wildman–Crippen MR) is 102 cm³/mol. The van der Waals surface area contributed by atoms with Crippen LogP contribution in [0.4, 0.5) is 5.69 Å². The first-order chi connectivity index (χ1) is 12.5.